The summed E-state index contributed by atoms with van der Waals surface area (Å²) in [5.74, 6) is 0. The summed E-state index contributed by atoms with van der Waals surface area (Å²) in [5, 5.41) is 0. The third kappa shape index (κ3) is 2.42. The minimum atomic E-state index is -3.88. The number of morpholine rings is 1. The second kappa shape index (κ2) is 3.93. The van der Waals surface area contributed by atoms with Crippen LogP contribution in [-0.4, -0.2) is 30.3 Å². The lowest BCUT2D eigenvalue weighted by molar-refractivity contribution is -0.380. The number of halogens is 4. The Hall–Kier alpha value is -1.63. The molecule has 0 N–H and O–H groups in total. The van der Waals surface area contributed by atoms with Crippen LogP contribution in [0.25, 0.3) is 6.08 Å². The molecule has 0 atom stereocenters. The first-order chi connectivity index (χ1) is 8.85. The van der Waals surface area contributed by atoms with E-state index in [0.717, 1.165) is 16.2 Å². The average Bonchev–Trinajstić information content (AvgIpc) is 2.71. The van der Waals surface area contributed by atoms with E-state index in [1.165, 1.54) is 6.20 Å². The van der Waals surface area contributed by atoms with Crippen LogP contribution in [0.5, 0.6) is 0 Å². The number of rotatable bonds is 1. The summed E-state index contributed by atoms with van der Waals surface area (Å²) >= 11 is 0. The molecular weight excluding hydrogens is 264 g/mol. The molecule has 2 aliphatic rings. The average molecular weight is 274 g/mol. The summed E-state index contributed by atoms with van der Waals surface area (Å²) < 4.78 is 56.0. The van der Waals surface area contributed by atoms with Crippen molar-refractivity contribution in [1.82, 2.24) is 4.98 Å². The lowest BCUT2D eigenvalue weighted by Gasteiger charge is -2.38. The normalized spacial score (nSPS) is 23.5. The van der Waals surface area contributed by atoms with Gasteiger partial charge >= 0.3 is 12.2 Å². The molecule has 0 unspecified atom stereocenters. The minimum absolute atomic E-state index is 0.243. The Morgan fingerprint density at radius 3 is 2.53 bits per heavy atom. The number of anilines is 1. The maximum Gasteiger partial charge on any atom is 0.377 e. The van der Waals surface area contributed by atoms with Gasteiger partial charge in [0.05, 0.1) is 17.6 Å². The van der Waals surface area contributed by atoms with Gasteiger partial charge in [-0.25, -0.2) is 0 Å². The molecule has 2 heterocycles. The van der Waals surface area contributed by atoms with Gasteiger partial charge in [-0.2, -0.15) is 17.6 Å². The summed E-state index contributed by atoms with van der Waals surface area (Å²) in [6, 6.07) is 1.59. The van der Waals surface area contributed by atoms with E-state index in [0.29, 0.717) is 6.42 Å². The molecule has 0 radical (unpaired) electrons. The third-order valence-electron chi connectivity index (χ3n) is 3.01. The molecule has 1 aliphatic heterocycles. The van der Waals surface area contributed by atoms with Crippen molar-refractivity contribution in [3.63, 3.8) is 0 Å². The molecule has 0 spiro atoms. The monoisotopic (exact) mass is 274 g/mol. The topological polar surface area (TPSA) is 25.4 Å². The van der Waals surface area contributed by atoms with Crippen molar-refractivity contribution in [2.75, 3.05) is 18.0 Å². The van der Waals surface area contributed by atoms with Gasteiger partial charge in [0.2, 0.25) is 0 Å². The van der Waals surface area contributed by atoms with Crippen molar-refractivity contribution < 1.29 is 22.3 Å². The molecule has 7 heteroatoms. The second-order valence-corrected chi connectivity index (χ2v) is 4.57. The zero-order valence-corrected chi connectivity index (χ0v) is 9.75. The Morgan fingerprint density at radius 2 is 1.84 bits per heavy atom. The lowest BCUT2D eigenvalue weighted by Crippen LogP contribution is -2.55. The van der Waals surface area contributed by atoms with Gasteiger partial charge in [0, 0.05) is 6.42 Å². The van der Waals surface area contributed by atoms with Crippen LogP contribution in [0.1, 0.15) is 11.3 Å². The number of pyridine rings is 1. The number of allylic oxidation sites excluding steroid dienone is 1. The Labute approximate surface area is 106 Å². The summed E-state index contributed by atoms with van der Waals surface area (Å²) in [6.07, 6.45) is -2.08. The highest BCUT2D eigenvalue weighted by Gasteiger charge is 2.51. The maximum atomic E-state index is 13.1. The first-order valence-corrected chi connectivity index (χ1v) is 5.71. The van der Waals surface area contributed by atoms with E-state index in [1.54, 1.807) is 12.1 Å². The molecule has 0 bridgehead atoms. The van der Waals surface area contributed by atoms with Crippen molar-refractivity contribution in [1.29, 1.82) is 0 Å². The molecule has 3 rings (SSSR count). The largest absolute Gasteiger partial charge is 0.377 e. The predicted octanol–water partition coefficient (Wildman–Crippen LogP) is 2.67. The fourth-order valence-corrected chi connectivity index (χ4v) is 2.25. The Balaban J connectivity index is 1.91. The highest BCUT2D eigenvalue weighted by molar-refractivity contribution is 5.63. The predicted molar refractivity (Wildman–Crippen MR) is 60.2 cm³/mol. The highest BCUT2D eigenvalue weighted by atomic mass is 19.3. The van der Waals surface area contributed by atoms with Crippen LogP contribution >= 0.6 is 0 Å². The van der Waals surface area contributed by atoms with E-state index in [-0.39, 0.29) is 5.69 Å². The van der Waals surface area contributed by atoms with Gasteiger partial charge in [-0.1, -0.05) is 12.2 Å². The number of aromatic nitrogens is 1. The fourth-order valence-electron chi connectivity index (χ4n) is 2.25. The van der Waals surface area contributed by atoms with Crippen molar-refractivity contribution >= 4 is 11.8 Å². The zero-order chi connectivity index (χ0) is 13.7. The van der Waals surface area contributed by atoms with Gasteiger partial charge < -0.3 is 4.90 Å². The number of alkyl halides is 4. The van der Waals surface area contributed by atoms with E-state index in [9.17, 15) is 17.6 Å². The van der Waals surface area contributed by atoms with Gasteiger partial charge in [-0.15, -0.1) is 0 Å². The first kappa shape index (κ1) is 12.4. The van der Waals surface area contributed by atoms with Crippen molar-refractivity contribution in [2.24, 2.45) is 0 Å². The van der Waals surface area contributed by atoms with Crippen molar-refractivity contribution in [3.05, 3.63) is 29.6 Å². The van der Waals surface area contributed by atoms with Crippen molar-refractivity contribution in [2.45, 2.75) is 18.6 Å². The summed E-state index contributed by atoms with van der Waals surface area (Å²) in [7, 11) is 0. The third-order valence-corrected chi connectivity index (χ3v) is 3.01. The quantitative estimate of drug-likeness (QED) is 0.736. The molecule has 1 aromatic rings. The second-order valence-electron chi connectivity index (χ2n) is 4.57. The van der Waals surface area contributed by atoms with Gasteiger partial charge in [-0.3, -0.25) is 9.72 Å². The Kier molecular flexibility index (Phi) is 2.57. The van der Waals surface area contributed by atoms with Gasteiger partial charge in [0.15, 0.2) is 0 Å². The van der Waals surface area contributed by atoms with Crippen LogP contribution in [0, 0.1) is 0 Å². The van der Waals surface area contributed by atoms with Crippen LogP contribution < -0.4 is 4.90 Å². The molecule has 1 aliphatic carbocycles. The molecule has 0 amide bonds. The van der Waals surface area contributed by atoms with E-state index in [1.807, 2.05) is 6.08 Å². The SMILES string of the molecule is FC1(F)CN(c2cnc3c(c2)C=CC3)CC(F)(F)O1. The summed E-state index contributed by atoms with van der Waals surface area (Å²) in [6.45, 7) is -1.82. The standard InChI is InChI=1S/C12H10F4N2O/c13-11(14)6-18(7-12(15,16)19-11)9-4-8-2-1-3-10(8)17-5-9/h1-2,4-5H,3,6-7H2. The van der Waals surface area contributed by atoms with Gasteiger partial charge in [0.25, 0.3) is 0 Å². The maximum absolute atomic E-state index is 13.1. The first-order valence-electron chi connectivity index (χ1n) is 5.71. The Bertz CT molecular complexity index is 529. The molecule has 19 heavy (non-hydrogen) atoms. The van der Waals surface area contributed by atoms with Crippen molar-refractivity contribution in [3.8, 4) is 0 Å². The molecular formula is C12H10F4N2O. The summed E-state index contributed by atoms with van der Waals surface area (Å²) in [5.41, 5.74) is 1.83. The molecule has 0 aromatic carbocycles. The van der Waals surface area contributed by atoms with E-state index in [4.69, 9.17) is 0 Å². The van der Waals surface area contributed by atoms with Gasteiger partial charge in [0.1, 0.15) is 13.1 Å². The number of fused-ring (bicyclic) bond motifs is 1. The van der Waals surface area contributed by atoms with Crippen LogP contribution in [0.4, 0.5) is 23.2 Å². The van der Waals surface area contributed by atoms with E-state index < -0.39 is 25.3 Å². The van der Waals surface area contributed by atoms with Crippen LogP contribution in [0.3, 0.4) is 0 Å². The highest BCUT2D eigenvalue weighted by Crippen LogP contribution is 2.36. The Morgan fingerprint density at radius 1 is 1.16 bits per heavy atom. The van der Waals surface area contributed by atoms with Crippen LogP contribution in [-0.2, 0) is 11.2 Å². The number of nitrogens with zero attached hydrogens (tertiary/aromatic N) is 2. The fraction of sp³-hybridized carbons (Fsp3) is 0.417. The van der Waals surface area contributed by atoms with Gasteiger partial charge in [-0.05, 0) is 11.6 Å². The minimum Gasteiger partial charge on any atom is -0.353 e. The lowest BCUT2D eigenvalue weighted by atomic mass is 10.2. The van der Waals surface area contributed by atoms with Crippen LogP contribution in [0.2, 0.25) is 0 Å². The number of hydrogen-bond acceptors (Lipinski definition) is 3. The molecule has 1 saturated heterocycles. The number of hydrogen-bond donors (Lipinski definition) is 0. The molecule has 102 valence electrons. The molecule has 0 saturated carbocycles. The number of ether oxygens (including phenoxy) is 1. The molecule has 1 aromatic heterocycles. The van der Waals surface area contributed by atoms with E-state index in [2.05, 4.69) is 9.72 Å². The van der Waals surface area contributed by atoms with Crippen LogP contribution in [0.15, 0.2) is 18.3 Å². The molecule has 3 nitrogen and oxygen atoms in total. The summed E-state index contributed by atoms with van der Waals surface area (Å²) in [4.78, 5) is 4.99. The van der Waals surface area contributed by atoms with E-state index >= 15 is 0 Å². The molecule has 1 fully saturated rings. The zero-order valence-electron chi connectivity index (χ0n) is 9.75. The smallest absolute Gasteiger partial charge is 0.353 e.